The number of amides is 2. The largest absolute Gasteiger partial charge is 0.340 e. The quantitative estimate of drug-likeness (QED) is 0.893. The summed E-state index contributed by atoms with van der Waals surface area (Å²) >= 11 is 7.24. The van der Waals surface area contributed by atoms with Gasteiger partial charge in [-0.1, -0.05) is 29.8 Å². The van der Waals surface area contributed by atoms with Gasteiger partial charge < -0.3 is 10.2 Å². The van der Waals surface area contributed by atoms with E-state index in [1.54, 1.807) is 43.1 Å². The molecule has 0 aliphatic rings. The van der Waals surface area contributed by atoms with E-state index in [1.165, 1.54) is 11.3 Å². The van der Waals surface area contributed by atoms with Crippen LogP contribution in [0.25, 0.3) is 0 Å². The number of carbonyl (C=O) groups is 2. The average Bonchev–Trinajstić information content (AvgIpc) is 3.08. The first-order chi connectivity index (χ1) is 10.9. The molecule has 0 spiro atoms. The molecule has 4 nitrogen and oxygen atoms in total. The van der Waals surface area contributed by atoms with E-state index in [1.807, 2.05) is 24.4 Å². The van der Waals surface area contributed by atoms with Gasteiger partial charge in [0.1, 0.15) is 6.04 Å². The molecule has 1 aromatic heterocycles. The van der Waals surface area contributed by atoms with Gasteiger partial charge in [0.25, 0.3) is 5.91 Å². The minimum absolute atomic E-state index is 0.110. The van der Waals surface area contributed by atoms with Gasteiger partial charge in [0.15, 0.2) is 0 Å². The standard InChI is InChI=1S/C17H19ClN2O2S/c1-11(19-16(21)15-5-4-10-23-15)17(22)20(3)12(2)13-6-8-14(18)9-7-13/h4-12H,1-3H3,(H,19,21). The molecule has 1 heterocycles. The summed E-state index contributed by atoms with van der Waals surface area (Å²) in [6.45, 7) is 3.63. The second-order valence-electron chi connectivity index (χ2n) is 5.35. The van der Waals surface area contributed by atoms with Crippen LogP contribution >= 0.6 is 22.9 Å². The molecule has 122 valence electrons. The van der Waals surface area contributed by atoms with Gasteiger partial charge in [0.05, 0.1) is 10.9 Å². The minimum atomic E-state index is -0.593. The second-order valence-corrected chi connectivity index (χ2v) is 6.73. The van der Waals surface area contributed by atoms with Crippen LogP contribution in [-0.4, -0.2) is 29.8 Å². The van der Waals surface area contributed by atoms with Crippen molar-refractivity contribution in [3.63, 3.8) is 0 Å². The molecule has 23 heavy (non-hydrogen) atoms. The smallest absolute Gasteiger partial charge is 0.261 e. The molecule has 2 atom stereocenters. The van der Waals surface area contributed by atoms with Crippen molar-refractivity contribution in [3.05, 3.63) is 57.2 Å². The fourth-order valence-corrected chi connectivity index (χ4v) is 2.95. The van der Waals surface area contributed by atoms with Gasteiger partial charge in [0, 0.05) is 12.1 Å². The minimum Gasteiger partial charge on any atom is -0.340 e. The molecular weight excluding hydrogens is 332 g/mol. The fraction of sp³-hybridized carbons (Fsp3) is 0.294. The van der Waals surface area contributed by atoms with Gasteiger partial charge in [-0.2, -0.15) is 0 Å². The van der Waals surface area contributed by atoms with Crippen molar-refractivity contribution in [2.75, 3.05) is 7.05 Å². The number of nitrogens with zero attached hydrogens (tertiary/aromatic N) is 1. The maximum absolute atomic E-state index is 12.5. The van der Waals surface area contributed by atoms with Crippen LogP contribution in [0.4, 0.5) is 0 Å². The number of carbonyl (C=O) groups excluding carboxylic acids is 2. The van der Waals surface area contributed by atoms with E-state index >= 15 is 0 Å². The Morgan fingerprint density at radius 3 is 2.39 bits per heavy atom. The van der Waals surface area contributed by atoms with Gasteiger partial charge in [0.2, 0.25) is 5.91 Å². The zero-order chi connectivity index (χ0) is 17.0. The Bertz CT molecular complexity index is 670. The first kappa shape index (κ1) is 17.5. The van der Waals surface area contributed by atoms with Crippen molar-refractivity contribution < 1.29 is 9.59 Å². The molecule has 0 saturated carbocycles. The highest BCUT2D eigenvalue weighted by molar-refractivity contribution is 7.12. The predicted octanol–water partition coefficient (Wildman–Crippen LogP) is 3.74. The molecule has 1 N–H and O–H groups in total. The molecular formula is C17H19ClN2O2S. The topological polar surface area (TPSA) is 49.4 Å². The van der Waals surface area contributed by atoms with E-state index in [0.717, 1.165) is 5.56 Å². The predicted molar refractivity (Wildman–Crippen MR) is 93.9 cm³/mol. The first-order valence-electron chi connectivity index (χ1n) is 7.26. The number of benzene rings is 1. The van der Waals surface area contributed by atoms with Gasteiger partial charge in [-0.15, -0.1) is 11.3 Å². The summed E-state index contributed by atoms with van der Waals surface area (Å²) in [5, 5.41) is 5.23. The Morgan fingerprint density at radius 2 is 1.83 bits per heavy atom. The average molecular weight is 351 g/mol. The van der Waals surface area contributed by atoms with Crippen molar-refractivity contribution in [1.82, 2.24) is 10.2 Å². The Hall–Kier alpha value is -1.85. The molecule has 2 amide bonds. The molecule has 2 aromatic rings. The van der Waals surface area contributed by atoms with Crippen LogP contribution < -0.4 is 5.32 Å². The Morgan fingerprint density at radius 1 is 1.17 bits per heavy atom. The zero-order valence-electron chi connectivity index (χ0n) is 13.2. The number of thiophene rings is 1. The zero-order valence-corrected chi connectivity index (χ0v) is 14.8. The van der Waals surface area contributed by atoms with Crippen LogP contribution in [0.3, 0.4) is 0 Å². The molecule has 0 aliphatic heterocycles. The monoisotopic (exact) mass is 350 g/mol. The summed E-state index contributed by atoms with van der Waals surface area (Å²) in [7, 11) is 1.73. The summed E-state index contributed by atoms with van der Waals surface area (Å²) in [6, 6.07) is 10.2. The van der Waals surface area contributed by atoms with Crippen molar-refractivity contribution >= 4 is 34.8 Å². The van der Waals surface area contributed by atoms with Crippen LogP contribution in [0, 0.1) is 0 Å². The van der Waals surface area contributed by atoms with Crippen LogP contribution in [0.1, 0.15) is 35.1 Å². The van der Waals surface area contributed by atoms with E-state index in [-0.39, 0.29) is 17.9 Å². The highest BCUT2D eigenvalue weighted by Crippen LogP contribution is 2.21. The highest BCUT2D eigenvalue weighted by atomic mass is 35.5. The van der Waals surface area contributed by atoms with Crippen molar-refractivity contribution in [1.29, 1.82) is 0 Å². The van der Waals surface area contributed by atoms with Crippen molar-refractivity contribution in [2.24, 2.45) is 0 Å². The molecule has 2 unspecified atom stereocenters. The molecule has 0 saturated heterocycles. The van der Waals surface area contributed by atoms with E-state index in [0.29, 0.717) is 9.90 Å². The molecule has 0 bridgehead atoms. The number of rotatable bonds is 5. The summed E-state index contributed by atoms with van der Waals surface area (Å²) in [5.41, 5.74) is 0.988. The lowest BCUT2D eigenvalue weighted by molar-refractivity contribution is -0.133. The maximum Gasteiger partial charge on any atom is 0.261 e. The Labute approximate surface area is 145 Å². The number of hydrogen-bond acceptors (Lipinski definition) is 3. The summed E-state index contributed by atoms with van der Waals surface area (Å²) in [4.78, 5) is 26.8. The van der Waals surface area contributed by atoms with Gasteiger partial charge >= 0.3 is 0 Å². The fourth-order valence-electron chi connectivity index (χ4n) is 2.20. The van der Waals surface area contributed by atoms with E-state index in [4.69, 9.17) is 11.6 Å². The lowest BCUT2D eigenvalue weighted by Gasteiger charge is -2.28. The molecule has 6 heteroatoms. The molecule has 1 aromatic carbocycles. The molecule has 2 rings (SSSR count). The second kappa shape index (κ2) is 7.62. The van der Waals surface area contributed by atoms with Crippen LogP contribution in [0.15, 0.2) is 41.8 Å². The number of nitrogens with one attached hydrogen (secondary N) is 1. The Kier molecular flexibility index (Phi) is 5.80. The van der Waals surface area contributed by atoms with Gasteiger partial charge in [-0.3, -0.25) is 9.59 Å². The Balaban J connectivity index is 2.00. The normalized spacial score (nSPS) is 13.2. The summed E-state index contributed by atoms with van der Waals surface area (Å²) in [5.74, 6) is -0.370. The number of likely N-dealkylation sites (N-methyl/N-ethyl adjacent to an activating group) is 1. The van der Waals surface area contributed by atoms with Crippen LogP contribution in [-0.2, 0) is 4.79 Å². The first-order valence-corrected chi connectivity index (χ1v) is 8.52. The highest BCUT2D eigenvalue weighted by Gasteiger charge is 2.24. The lowest BCUT2D eigenvalue weighted by Crippen LogP contribution is -2.46. The third-order valence-electron chi connectivity index (χ3n) is 3.74. The van der Waals surface area contributed by atoms with Crippen molar-refractivity contribution in [2.45, 2.75) is 25.9 Å². The SMILES string of the molecule is CC(NC(=O)c1cccs1)C(=O)N(C)C(C)c1ccc(Cl)cc1. The molecule has 0 fully saturated rings. The van der Waals surface area contributed by atoms with Crippen LogP contribution in [0.5, 0.6) is 0 Å². The summed E-state index contributed by atoms with van der Waals surface area (Å²) < 4.78 is 0. The third kappa shape index (κ3) is 4.33. The maximum atomic E-state index is 12.5. The number of halogens is 1. The van der Waals surface area contributed by atoms with E-state index in [2.05, 4.69) is 5.32 Å². The molecule has 0 radical (unpaired) electrons. The van der Waals surface area contributed by atoms with Gasteiger partial charge in [-0.25, -0.2) is 0 Å². The third-order valence-corrected chi connectivity index (χ3v) is 4.86. The van der Waals surface area contributed by atoms with Crippen LogP contribution in [0.2, 0.25) is 5.02 Å². The number of hydrogen-bond donors (Lipinski definition) is 1. The van der Waals surface area contributed by atoms with E-state index < -0.39 is 6.04 Å². The lowest BCUT2D eigenvalue weighted by atomic mass is 10.1. The van der Waals surface area contributed by atoms with Crippen molar-refractivity contribution in [3.8, 4) is 0 Å². The van der Waals surface area contributed by atoms with E-state index in [9.17, 15) is 9.59 Å². The van der Waals surface area contributed by atoms with Gasteiger partial charge in [-0.05, 0) is 43.0 Å². The summed E-state index contributed by atoms with van der Waals surface area (Å²) in [6.07, 6.45) is 0. The molecule has 0 aliphatic carbocycles.